The molecule has 3 heteroatoms. The van der Waals surface area contributed by atoms with Crippen LogP contribution in [0.3, 0.4) is 0 Å². The first-order chi connectivity index (χ1) is 8.31. The van der Waals surface area contributed by atoms with Crippen LogP contribution in [0.25, 0.3) is 0 Å². The van der Waals surface area contributed by atoms with E-state index in [4.69, 9.17) is 0 Å². The number of aromatic nitrogens is 1. The maximum Gasteiger partial charge on any atom is 0.0410 e. The Hall–Kier alpha value is -0.410. The average Bonchev–Trinajstić information content (AvgIpc) is 2.91. The summed E-state index contributed by atoms with van der Waals surface area (Å²) in [5, 5.41) is 3.59. The lowest BCUT2D eigenvalue weighted by molar-refractivity contribution is 0.318. The van der Waals surface area contributed by atoms with Crippen molar-refractivity contribution >= 4 is 15.9 Å². The molecule has 2 aliphatic rings. The van der Waals surface area contributed by atoms with Crippen LogP contribution in [0.2, 0.25) is 0 Å². The van der Waals surface area contributed by atoms with E-state index in [1.54, 1.807) is 0 Å². The molecule has 1 heterocycles. The van der Waals surface area contributed by atoms with Gasteiger partial charge in [-0.05, 0) is 71.1 Å². The molecule has 1 aromatic heterocycles. The second kappa shape index (κ2) is 5.07. The molecule has 0 amide bonds. The topological polar surface area (TPSA) is 24.9 Å². The Labute approximate surface area is 111 Å². The predicted molar refractivity (Wildman–Crippen MR) is 72.6 cm³/mol. The van der Waals surface area contributed by atoms with Crippen molar-refractivity contribution in [1.29, 1.82) is 0 Å². The number of hydrogen-bond acceptors (Lipinski definition) is 2. The van der Waals surface area contributed by atoms with Gasteiger partial charge in [0.25, 0.3) is 0 Å². The van der Waals surface area contributed by atoms with Crippen molar-refractivity contribution in [3.8, 4) is 0 Å². The molecule has 0 radical (unpaired) electrons. The van der Waals surface area contributed by atoms with E-state index in [9.17, 15) is 0 Å². The zero-order valence-corrected chi connectivity index (χ0v) is 11.6. The summed E-state index contributed by atoms with van der Waals surface area (Å²) >= 11 is 3.46. The summed E-state index contributed by atoms with van der Waals surface area (Å²) in [6.07, 6.45) is 9.73. The number of halogens is 1. The van der Waals surface area contributed by atoms with Gasteiger partial charge in [-0.1, -0.05) is 6.42 Å². The molecule has 0 saturated heterocycles. The highest BCUT2D eigenvalue weighted by Gasteiger charge is 2.38. The molecule has 0 spiro atoms. The highest BCUT2D eigenvalue weighted by molar-refractivity contribution is 9.10. The van der Waals surface area contributed by atoms with E-state index >= 15 is 0 Å². The monoisotopic (exact) mass is 294 g/mol. The van der Waals surface area contributed by atoms with Gasteiger partial charge in [0.1, 0.15) is 0 Å². The molecule has 1 aromatic rings. The summed E-state index contributed by atoms with van der Waals surface area (Å²) < 4.78 is 1.07. The van der Waals surface area contributed by atoms with E-state index < -0.39 is 0 Å². The van der Waals surface area contributed by atoms with Crippen molar-refractivity contribution in [3.05, 3.63) is 28.5 Å². The van der Waals surface area contributed by atoms with Gasteiger partial charge in [-0.15, -0.1) is 0 Å². The van der Waals surface area contributed by atoms with E-state index in [2.05, 4.69) is 32.3 Å². The van der Waals surface area contributed by atoms with Gasteiger partial charge in [0.05, 0.1) is 0 Å². The fourth-order valence-electron chi connectivity index (χ4n) is 3.58. The van der Waals surface area contributed by atoms with Crippen molar-refractivity contribution in [1.82, 2.24) is 10.3 Å². The fraction of sp³-hybridized carbons (Fsp3) is 0.643. The van der Waals surface area contributed by atoms with Crippen LogP contribution in [0.1, 0.15) is 31.2 Å². The van der Waals surface area contributed by atoms with Gasteiger partial charge in [-0.2, -0.15) is 0 Å². The zero-order chi connectivity index (χ0) is 11.7. The molecular formula is C14H19BrN2. The Morgan fingerprint density at radius 3 is 2.94 bits per heavy atom. The van der Waals surface area contributed by atoms with Crippen LogP contribution in [0.5, 0.6) is 0 Å². The number of hydrogen-bond donors (Lipinski definition) is 1. The Morgan fingerprint density at radius 2 is 2.24 bits per heavy atom. The summed E-state index contributed by atoms with van der Waals surface area (Å²) in [6, 6.07) is 2.14. The highest BCUT2D eigenvalue weighted by atomic mass is 79.9. The van der Waals surface area contributed by atoms with Crippen molar-refractivity contribution in [2.75, 3.05) is 6.54 Å². The van der Waals surface area contributed by atoms with Gasteiger partial charge in [0.15, 0.2) is 0 Å². The van der Waals surface area contributed by atoms with Gasteiger partial charge in [-0.25, -0.2) is 0 Å². The molecule has 2 bridgehead atoms. The number of nitrogens with one attached hydrogen (secondary N) is 1. The predicted octanol–water partition coefficient (Wildman–Crippen LogP) is 3.37. The molecular weight excluding hydrogens is 276 g/mol. The molecule has 1 N–H and O–H groups in total. The third-order valence-corrected chi connectivity index (χ3v) is 4.82. The molecule has 3 atom stereocenters. The third kappa shape index (κ3) is 2.71. The molecule has 2 fully saturated rings. The second-order valence-electron chi connectivity index (χ2n) is 5.58. The molecule has 3 rings (SSSR count). The molecule has 2 saturated carbocycles. The second-order valence-corrected chi connectivity index (χ2v) is 6.49. The van der Waals surface area contributed by atoms with Crippen molar-refractivity contribution in [2.24, 2.45) is 17.8 Å². The first-order valence-electron chi connectivity index (χ1n) is 6.61. The molecule has 3 unspecified atom stereocenters. The summed E-state index contributed by atoms with van der Waals surface area (Å²) in [5.41, 5.74) is 1.27. The van der Waals surface area contributed by atoms with Crippen LogP contribution in [0.4, 0.5) is 0 Å². The molecule has 2 aliphatic carbocycles. The average molecular weight is 295 g/mol. The molecule has 2 nitrogen and oxygen atoms in total. The van der Waals surface area contributed by atoms with Gasteiger partial charge in [-0.3, -0.25) is 4.98 Å². The van der Waals surface area contributed by atoms with Crippen LogP contribution < -0.4 is 5.32 Å². The summed E-state index contributed by atoms with van der Waals surface area (Å²) in [6.45, 7) is 2.13. The van der Waals surface area contributed by atoms with Crippen molar-refractivity contribution in [3.63, 3.8) is 0 Å². The summed E-state index contributed by atoms with van der Waals surface area (Å²) in [4.78, 5) is 4.19. The van der Waals surface area contributed by atoms with Gasteiger partial charge in [0, 0.05) is 23.4 Å². The minimum Gasteiger partial charge on any atom is -0.312 e. The number of pyridine rings is 1. The van der Waals surface area contributed by atoms with E-state index in [1.165, 1.54) is 37.8 Å². The maximum absolute atomic E-state index is 4.19. The van der Waals surface area contributed by atoms with Crippen LogP contribution in [-0.2, 0) is 6.54 Å². The smallest absolute Gasteiger partial charge is 0.0410 e. The Balaban J connectivity index is 1.46. The lowest BCUT2D eigenvalue weighted by Crippen LogP contribution is -2.26. The lowest BCUT2D eigenvalue weighted by Gasteiger charge is -2.21. The van der Waals surface area contributed by atoms with E-state index in [0.29, 0.717) is 0 Å². The third-order valence-electron chi connectivity index (χ3n) is 4.38. The van der Waals surface area contributed by atoms with E-state index in [0.717, 1.165) is 28.8 Å². The standard InChI is InChI=1S/C14H19BrN2/c15-14-5-11(7-17-9-14)6-16-8-13-4-10-1-2-12(13)3-10/h5,7,9-10,12-13,16H,1-4,6,8H2. The van der Waals surface area contributed by atoms with Crippen LogP contribution >= 0.6 is 15.9 Å². The molecule has 92 valence electrons. The zero-order valence-electron chi connectivity index (χ0n) is 10.0. The summed E-state index contributed by atoms with van der Waals surface area (Å²) in [7, 11) is 0. The highest BCUT2D eigenvalue weighted by Crippen LogP contribution is 2.47. The number of nitrogens with zero attached hydrogens (tertiary/aromatic N) is 1. The van der Waals surface area contributed by atoms with Gasteiger partial charge >= 0.3 is 0 Å². The first kappa shape index (κ1) is 11.7. The molecule has 17 heavy (non-hydrogen) atoms. The Bertz CT molecular complexity index is 394. The fourth-order valence-corrected chi connectivity index (χ4v) is 3.99. The Morgan fingerprint density at radius 1 is 1.29 bits per heavy atom. The first-order valence-corrected chi connectivity index (χ1v) is 7.40. The minimum atomic E-state index is 0.939. The quantitative estimate of drug-likeness (QED) is 0.921. The molecule has 0 aliphatic heterocycles. The van der Waals surface area contributed by atoms with Gasteiger partial charge < -0.3 is 5.32 Å². The van der Waals surface area contributed by atoms with Gasteiger partial charge in [0.2, 0.25) is 0 Å². The van der Waals surface area contributed by atoms with Crippen molar-refractivity contribution in [2.45, 2.75) is 32.2 Å². The van der Waals surface area contributed by atoms with E-state index in [-0.39, 0.29) is 0 Å². The van der Waals surface area contributed by atoms with E-state index in [1.807, 2.05) is 12.4 Å². The lowest BCUT2D eigenvalue weighted by atomic mass is 9.89. The van der Waals surface area contributed by atoms with Crippen molar-refractivity contribution < 1.29 is 0 Å². The SMILES string of the molecule is Brc1cncc(CNCC2CC3CCC2C3)c1. The van der Waals surface area contributed by atoms with Crippen LogP contribution in [-0.4, -0.2) is 11.5 Å². The minimum absolute atomic E-state index is 0.939. The summed E-state index contributed by atoms with van der Waals surface area (Å²) in [5.74, 6) is 3.02. The largest absolute Gasteiger partial charge is 0.312 e. The Kier molecular flexibility index (Phi) is 3.48. The number of rotatable bonds is 4. The number of fused-ring (bicyclic) bond motifs is 2. The van der Waals surface area contributed by atoms with Crippen LogP contribution in [0, 0.1) is 17.8 Å². The maximum atomic E-state index is 4.19. The normalized spacial score (nSPS) is 31.0. The van der Waals surface area contributed by atoms with Crippen LogP contribution in [0.15, 0.2) is 22.9 Å². The molecule has 0 aromatic carbocycles.